The lowest BCUT2D eigenvalue weighted by atomic mass is 10.1. The van der Waals surface area contributed by atoms with Crippen molar-refractivity contribution in [2.24, 2.45) is 0 Å². The molecule has 2 aromatic rings. The van der Waals surface area contributed by atoms with Crippen molar-refractivity contribution in [3.63, 3.8) is 0 Å². The van der Waals surface area contributed by atoms with Crippen molar-refractivity contribution in [1.82, 2.24) is 15.3 Å². The molecule has 0 unspecified atom stereocenters. The Bertz CT molecular complexity index is 870. The van der Waals surface area contributed by atoms with Crippen LogP contribution in [0.25, 0.3) is 11.0 Å². The van der Waals surface area contributed by atoms with Gasteiger partial charge in [0.2, 0.25) is 0 Å². The molecule has 0 aliphatic rings. The molecule has 1 aromatic heterocycles. The van der Waals surface area contributed by atoms with Gasteiger partial charge in [0.25, 0.3) is 5.91 Å². The molecule has 0 radical (unpaired) electrons. The Morgan fingerprint density at radius 2 is 2.09 bits per heavy atom. The third-order valence-corrected chi connectivity index (χ3v) is 4.32. The number of rotatable bonds is 5. The molecule has 1 heterocycles. The first-order valence-electron chi connectivity index (χ1n) is 6.56. The summed E-state index contributed by atoms with van der Waals surface area (Å²) < 4.78 is 36.1. The zero-order valence-corrected chi connectivity index (χ0v) is 13.7. The molecule has 0 fully saturated rings. The largest absolute Gasteiger partial charge is 0.349 e. The lowest BCUT2D eigenvalue weighted by molar-refractivity contribution is 0.0940. The summed E-state index contributed by atoms with van der Waals surface area (Å²) in [5, 5.41) is 2.66. The van der Waals surface area contributed by atoms with Gasteiger partial charge in [0, 0.05) is 12.3 Å². The Hall–Kier alpha value is -1.74. The standard InChI is InChI=1S/C13H16FN3O3S2/c1-7(3-4-22(2,19)20)15-12(18)9-5-8(14)6-10-11(9)17-13(21)16-10/h5-7H,3-4H2,1-2H3,(H,15,18)(H2,16,17,21)/t7-/m0/s1. The van der Waals surface area contributed by atoms with Crippen LogP contribution in [0.5, 0.6) is 0 Å². The number of sulfone groups is 1. The van der Waals surface area contributed by atoms with E-state index in [0.717, 1.165) is 12.3 Å². The van der Waals surface area contributed by atoms with Crippen LogP contribution < -0.4 is 5.32 Å². The van der Waals surface area contributed by atoms with Crippen molar-refractivity contribution in [1.29, 1.82) is 0 Å². The van der Waals surface area contributed by atoms with Gasteiger partial charge in [-0.05, 0) is 37.7 Å². The van der Waals surface area contributed by atoms with E-state index in [2.05, 4.69) is 15.3 Å². The monoisotopic (exact) mass is 345 g/mol. The Labute approximate surface area is 132 Å². The maximum Gasteiger partial charge on any atom is 0.253 e. The number of fused-ring (bicyclic) bond motifs is 1. The number of carbonyl (C=O) groups excluding carboxylic acids is 1. The number of nitrogens with one attached hydrogen (secondary N) is 3. The van der Waals surface area contributed by atoms with Gasteiger partial charge in [-0.15, -0.1) is 0 Å². The topological polar surface area (TPSA) is 94.8 Å². The van der Waals surface area contributed by atoms with E-state index in [4.69, 9.17) is 12.2 Å². The van der Waals surface area contributed by atoms with Crippen LogP contribution in [0.4, 0.5) is 4.39 Å². The van der Waals surface area contributed by atoms with Crippen molar-refractivity contribution in [2.45, 2.75) is 19.4 Å². The predicted octanol–water partition coefficient (Wildman–Crippen LogP) is 1.92. The van der Waals surface area contributed by atoms with E-state index in [9.17, 15) is 17.6 Å². The number of carbonyl (C=O) groups is 1. The molecule has 1 atom stereocenters. The van der Waals surface area contributed by atoms with Gasteiger partial charge in [-0.3, -0.25) is 4.79 Å². The quantitative estimate of drug-likeness (QED) is 0.722. The summed E-state index contributed by atoms with van der Waals surface area (Å²) in [4.78, 5) is 17.8. The summed E-state index contributed by atoms with van der Waals surface area (Å²) in [5.74, 6) is -1.08. The van der Waals surface area contributed by atoms with Gasteiger partial charge in [0.15, 0.2) is 4.77 Å². The molecule has 6 nitrogen and oxygen atoms in total. The van der Waals surface area contributed by atoms with Gasteiger partial charge in [0.05, 0.1) is 22.3 Å². The first-order chi connectivity index (χ1) is 10.2. The van der Waals surface area contributed by atoms with Gasteiger partial charge in [-0.1, -0.05) is 0 Å². The molecule has 2 rings (SSSR count). The van der Waals surface area contributed by atoms with Crippen molar-refractivity contribution in [3.8, 4) is 0 Å². The maximum atomic E-state index is 13.6. The van der Waals surface area contributed by atoms with Gasteiger partial charge in [-0.2, -0.15) is 0 Å². The summed E-state index contributed by atoms with van der Waals surface area (Å²) in [5.41, 5.74) is 0.937. The van der Waals surface area contributed by atoms with Crippen molar-refractivity contribution in [3.05, 3.63) is 28.3 Å². The van der Waals surface area contributed by atoms with Crippen LogP contribution in [-0.4, -0.2) is 42.3 Å². The van der Waals surface area contributed by atoms with Crippen molar-refractivity contribution >= 4 is 39.0 Å². The summed E-state index contributed by atoms with van der Waals surface area (Å²) in [6.45, 7) is 1.69. The summed E-state index contributed by atoms with van der Waals surface area (Å²) in [6.07, 6.45) is 1.42. The first-order valence-corrected chi connectivity index (χ1v) is 9.03. The molecule has 0 aliphatic heterocycles. The van der Waals surface area contributed by atoms with Crippen molar-refractivity contribution < 1.29 is 17.6 Å². The van der Waals surface area contributed by atoms with Crippen LogP contribution in [0.2, 0.25) is 0 Å². The van der Waals surface area contributed by atoms with Gasteiger partial charge in [0.1, 0.15) is 15.7 Å². The molecule has 9 heteroatoms. The zero-order valence-electron chi connectivity index (χ0n) is 12.1. The fourth-order valence-corrected chi connectivity index (χ4v) is 3.04. The normalized spacial score (nSPS) is 13.2. The number of benzene rings is 1. The van der Waals surface area contributed by atoms with E-state index in [-0.39, 0.29) is 23.8 Å². The SMILES string of the molecule is C[C@@H](CCS(C)(=O)=O)NC(=O)c1cc(F)cc2[nH]c(=S)[nH]c12. The molecule has 3 N–H and O–H groups in total. The van der Waals surface area contributed by atoms with E-state index in [1.165, 1.54) is 6.07 Å². The van der Waals surface area contributed by atoms with Crippen molar-refractivity contribution in [2.75, 3.05) is 12.0 Å². The molecular formula is C13H16FN3O3S2. The second kappa shape index (κ2) is 6.17. The van der Waals surface area contributed by atoms with E-state index in [1.54, 1.807) is 6.92 Å². The predicted molar refractivity (Wildman–Crippen MR) is 84.7 cm³/mol. The second-order valence-electron chi connectivity index (χ2n) is 5.25. The summed E-state index contributed by atoms with van der Waals surface area (Å²) in [7, 11) is -3.09. The van der Waals surface area contributed by atoms with Crippen LogP contribution in [0.3, 0.4) is 0 Å². The molecule has 0 aliphatic carbocycles. The highest BCUT2D eigenvalue weighted by Crippen LogP contribution is 2.18. The first kappa shape index (κ1) is 16.6. The third-order valence-electron chi connectivity index (χ3n) is 3.13. The summed E-state index contributed by atoms with van der Waals surface area (Å²) >= 11 is 4.94. The molecule has 1 amide bonds. The highest BCUT2D eigenvalue weighted by Gasteiger charge is 2.17. The average molecular weight is 345 g/mol. The van der Waals surface area contributed by atoms with Crippen LogP contribution in [0.15, 0.2) is 12.1 Å². The zero-order chi connectivity index (χ0) is 16.5. The summed E-state index contributed by atoms with van der Waals surface area (Å²) in [6, 6.07) is 1.99. The molecular weight excluding hydrogens is 329 g/mol. The second-order valence-corrected chi connectivity index (χ2v) is 7.92. The van der Waals surface area contributed by atoms with Gasteiger partial charge in [-0.25, -0.2) is 12.8 Å². The number of amides is 1. The van der Waals surface area contributed by atoms with Crippen LogP contribution >= 0.6 is 12.2 Å². The Balaban J connectivity index is 2.21. The smallest absolute Gasteiger partial charge is 0.253 e. The van der Waals surface area contributed by atoms with E-state index in [0.29, 0.717) is 15.8 Å². The number of aromatic amines is 2. The van der Waals surface area contributed by atoms with E-state index in [1.807, 2.05) is 0 Å². The molecule has 0 bridgehead atoms. The molecule has 22 heavy (non-hydrogen) atoms. The molecule has 1 aromatic carbocycles. The minimum atomic E-state index is -3.09. The number of hydrogen-bond donors (Lipinski definition) is 3. The highest BCUT2D eigenvalue weighted by molar-refractivity contribution is 7.90. The van der Waals surface area contributed by atoms with E-state index >= 15 is 0 Å². The Morgan fingerprint density at radius 1 is 1.41 bits per heavy atom. The minimum absolute atomic E-state index is 0.0282. The number of H-pyrrole nitrogens is 2. The van der Waals surface area contributed by atoms with Gasteiger partial charge >= 0.3 is 0 Å². The van der Waals surface area contributed by atoms with Crippen LogP contribution in [-0.2, 0) is 9.84 Å². The maximum absolute atomic E-state index is 13.6. The van der Waals surface area contributed by atoms with Gasteiger partial charge < -0.3 is 15.3 Å². The van der Waals surface area contributed by atoms with Crippen LogP contribution in [0, 0.1) is 10.6 Å². The molecule has 0 saturated heterocycles. The average Bonchev–Trinajstić information content (AvgIpc) is 2.74. The molecule has 0 saturated carbocycles. The lowest BCUT2D eigenvalue weighted by Crippen LogP contribution is -2.34. The highest BCUT2D eigenvalue weighted by atomic mass is 32.2. The third kappa shape index (κ3) is 4.14. The Kier molecular flexibility index (Phi) is 4.66. The number of hydrogen-bond acceptors (Lipinski definition) is 4. The number of halogens is 1. The lowest BCUT2D eigenvalue weighted by Gasteiger charge is -2.13. The molecule has 0 spiro atoms. The Morgan fingerprint density at radius 3 is 2.73 bits per heavy atom. The number of imidazole rings is 1. The molecule has 120 valence electrons. The number of aromatic nitrogens is 2. The van der Waals surface area contributed by atoms with E-state index < -0.39 is 21.6 Å². The van der Waals surface area contributed by atoms with Crippen LogP contribution in [0.1, 0.15) is 23.7 Å². The minimum Gasteiger partial charge on any atom is -0.349 e. The fraction of sp³-hybridized carbons (Fsp3) is 0.385. The fourth-order valence-electron chi connectivity index (χ4n) is 2.05.